The number of aliphatic imine (C=N–C) groups is 1. The number of nitrogens with zero attached hydrogens (tertiary/aromatic N) is 1. The van der Waals surface area contributed by atoms with Crippen molar-refractivity contribution in [1.29, 1.82) is 5.41 Å². The van der Waals surface area contributed by atoms with Crippen molar-refractivity contribution in [3.8, 4) is 0 Å². The van der Waals surface area contributed by atoms with E-state index in [0.29, 0.717) is 6.04 Å². The van der Waals surface area contributed by atoms with E-state index in [1.54, 1.807) is 0 Å². The second-order valence-corrected chi connectivity index (χ2v) is 2.96. The highest BCUT2D eigenvalue weighted by atomic mass is 14.8. The molecule has 10 heavy (non-hydrogen) atoms. The summed E-state index contributed by atoms with van der Waals surface area (Å²) in [5.41, 5.74) is 1.11. The molecule has 1 rings (SSSR count). The summed E-state index contributed by atoms with van der Waals surface area (Å²) in [5.74, 6) is 0.237. The Morgan fingerprint density at radius 2 is 2.30 bits per heavy atom. The largest absolute Gasteiger partial charge is 0.312 e. The molecule has 56 valence electrons. The van der Waals surface area contributed by atoms with Crippen LogP contribution in [0, 0.1) is 11.3 Å². The molecule has 2 heteroatoms. The molecule has 1 fully saturated rings. The summed E-state index contributed by atoms with van der Waals surface area (Å²) < 4.78 is 0. The molecule has 0 radical (unpaired) electrons. The van der Waals surface area contributed by atoms with Crippen LogP contribution in [0.3, 0.4) is 0 Å². The Kier molecular flexibility index (Phi) is 2.20. The molecule has 0 saturated heterocycles. The first-order valence-corrected chi connectivity index (χ1v) is 3.79. The molecular weight excluding hydrogens is 124 g/mol. The minimum absolute atomic E-state index is 0.237. The normalized spacial score (nSPS) is 22.4. The molecule has 1 N–H and O–H groups in total. The highest BCUT2D eigenvalue weighted by Gasteiger charge is 2.20. The van der Waals surface area contributed by atoms with Gasteiger partial charge < -0.3 is 5.41 Å². The van der Waals surface area contributed by atoms with E-state index in [1.807, 2.05) is 13.8 Å². The highest BCUT2D eigenvalue weighted by molar-refractivity contribution is 5.96. The Morgan fingerprint density at radius 3 is 2.70 bits per heavy atom. The van der Waals surface area contributed by atoms with Gasteiger partial charge in [-0.3, -0.25) is 4.99 Å². The fourth-order valence-electron chi connectivity index (χ4n) is 0.730. The maximum absolute atomic E-state index is 7.00. The molecule has 0 spiro atoms. The van der Waals surface area contributed by atoms with Gasteiger partial charge in [0, 0.05) is 17.8 Å². The molecule has 0 aliphatic heterocycles. The molecular formula is C8H14N2. The van der Waals surface area contributed by atoms with E-state index in [-0.39, 0.29) is 5.92 Å². The Bertz CT molecular complexity index is 157. The number of hydrogen-bond acceptors (Lipinski definition) is 2. The van der Waals surface area contributed by atoms with Crippen molar-refractivity contribution < 1.29 is 0 Å². The summed E-state index contributed by atoms with van der Waals surface area (Å²) in [5, 5.41) is 7.00. The van der Waals surface area contributed by atoms with Crippen LogP contribution in [0.1, 0.15) is 26.7 Å². The fraction of sp³-hybridized carbons (Fsp3) is 0.750. The Labute approximate surface area is 61.9 Å². The van der Waals surface area contributed by atoms with Crippen molar-refractivity contribution in [3.05, 3.63) is 0 Å². The summed E-state index contributed by atoms with van der Waals surface area (Å²) in [6.07, 6.45) is 3.95. The van der Waals surface area contributed by atoms with Crippen molar-refractivity contribution >= 4 is 11.9 Å². The van der Waals surface area contributed by atoms with Gasteiger partial charge in [-0.15, -0.1) is 0 Å². The molecule has 1 atom stereocenters. The zero-order valence-electron chi connectivity index (χ0n) is 6.59. The van der Waals surface area contributed by atoms with E-state index in [1.165, 1.54) is 19.1 Å². The van der Waals surface area contributed by atoms with Gasteiger partial charge in [-0.2, -0.15) is 0 Å². The van der Waals surface area contributed by atoms with E-state index in [2.05, 4.69) is 4.99 Å². The van der Waals surface area contributed by atoms with Crippen LogP contribution in [0.25, 0.3) is 0 Å². The first-order chi connectivity index (χ1) is 4.74. The molecule has 0 aromatic carbocycles. The zero-order chi connectivity index (χ0) is 7.56. The minimum Gasteiger partial charge on any atom is -0.312 e. The van der Waals surface area contributed by atoms with Crippen molar-refractivity contribution in [2.24, 2.45) is 10.9 Å². The molecule has 1 saturated carbocycles. The summed E-state index contributed by atoms with van der Waals surface area (Å²) in [4.78, 5) is 4.42. The summed E-state index contributed by atoms with van der Waals surface area (Å²) in [6, 6.07) is 0.599. The number of rotatable bonds is 3. The van der Waals surface area contributed by atoms with Gasteiger partial charge in [0.15, 0.2) is 0 Å². The standard InChI is InChI=1S/C8H14N2/c1-6(5-9)7(2)10-8-3-4-8/h5-6,8-9H,3-4H2,1-2H3. The summed E-state index contributed by atoms with van der Waals surface area (Å²) in [7, 11) is 0. The maximum Gasteiger partial charge on any atom is 0.0500 e. The average molecular weight is 138 g/mol. The lowest BCUT2D eigenvalue weighted by molar-refractivity contribution is 0.990. The number of hydrogen-bond donors (Lipinski definition) is 1. The van der Waals surface area contributed by atoms with Crippen LogP contribution in [0.4, 0.5) is 0 Å². The quantitative estimate of drug-likeness (QED) is 0.578. The second-order valence-electron chi connectivity index (χ2n) is 2.96. The van der Waals surface area contributed by atoms with Gasteiger partial charge in [0.2, 0.25) is 0 Å². The van der Waals surface area contributed by atoms with E-state index < -0.39 is 0 Å². The van der Waals surface area contributed by atoms with Crippen LogP contribution < -0.4 is 0 Å². The van der Waals surface area contributed by atoms with Crippen LogP contribution in [0.5, 0.6) is 0 Å². The van der Waals surface area contributed by atoms with Gasteiger partial charge in [0.05, 0.1) is 6.04 Å². The van der Waals surface area contributed by atoms with Crippen molar-refractivity contribution in [3.63, 3.8) is 0 Å². The molecule has 0 heterocycles. The van der Waals surface area contributed by atoms with E-state index in [9.17, 15) is 0 Å². The van der Waals surface area contributed by atoms with Crippen LogP contribution in [0.15, 0.2) is 4.99 Å². The van der Waals surface area contributed by atoms with Gasteiger partial charge in [-0.25, -0.2) is 0 Å². The Balaban J connectivity index is 2.43. The first kappa shape index (κ1) is 7.45. The lowest BCUT2D eigenvalue weighted by Crippen LogP contribution is -2.08. The average Bonchev–Trinajstić information content (AvgIpc) is 2.70. The highest BCUT2D eigenvalue weighted by Crippen LogP contribution is 2.24. The first-order valence-electron chi connectivity index (χ1n) is 3.79. The lowest BCUT2D eigenvalue weighted by Gasteiger charge is -2.02. The van der Waals surface area contributed by atoms with Crippen LogP contribution in [-0.2, 0) is 0 Å². The van der Waals surface area contributed by atoms with Crippen molar-refractivity contribution in [2.45, 2.75) is 32.7 Å². The molecule has 1 unspecified atom stereocenters. The van der Waals surface area contributed by atoms with E-state index in [4.69, 9.17) is 5.41 Å². The molecule has 0 aromatic rings. The smallest absolute Gasteiger partial charge is 0.0500 e. The van der Waals surface area contributed by atoms with E-state index in [0.717, 1.165) is 5.71 Å². The monoisotopic (exact) mass is 138 g/mol. The predicted octanol–water partition coefficient (Wildman–Crippen LogP) is 1.90. The second kappa shape index (κ2) is 2.95. The van der Waals surface area contributed by atoms with Gasteiger partial charge >= 0.3 is 0 Å². The zero-order valence-corrected chi connectivity index (χ0v) is 6.59. The third kappa shape index (κ3) is 1.94. The molecule has 0 bridgehead atoms. The van der Waals surface area contributed by atoms with Crippen LogP contribution >= 0.6 is 0 Å². The van der Waals surface area contributed by atoms with Crippen molar-refractivity contribution in [2.75, 3.05) is 0 Å². The number of nitrogens with one attached hydrogen (secondary N) is 1. The van der Waals surface area contributed by atoms with Gasteiger partial charge in [0.25, 0.3) is 0 Å². The Morgan fingerprint density at radius 1 is 1.70 bits per heavy atom. The van der Waals surface area contributed by atoms with E-state index >= 15 is 0 Å². The Hall–Kier alpha value is -0.660. The molecule has 0 aromatic heterocycles. The van der Waals surface area contributed by atoms with Crippen LogP contribution in [-0.4, -0.2) is 18.0 Å². The topological polar surface area (TPSA) is 36.2 Å². The summed E-state index contributed by atoms with van der Waals surface area (Å²) >= 11 is 0. The van der Waals surface area contributed by atoms with Crippen molar-refractivity contribution in [1.82, 2.24) is 0 Å². The minimum atomic E-state index is 0.237. The van der Waals surface area contributed by atoms with Gasteiger partial charge in [-0.1, -0.05) is 6.92 Å². The molecule has 1 aliphatic carbocycles. The van der Waals surface area contributed by atoms with Gasteiger partial charge in [0.1, 0.15) is 0 Å². The molecule has 2 nitrogen and oxygen atoms in total. The summed E-state index contributed by atoms with van der Waals surface area (Å²) in [6.45, 7) is 4.02. The lowest BCUT2D eigenvalue weighted by atomic mass is 10.1. The maximum atomic E-state index is 7.00. The van der Waals surface area contributed by atoms with Crippen LogP contribution in [0.2, 0.25) is 0 Å². The van der Waals surface area contributed by atoms with Gasteiger partial charge in [-0.05, 0) is 19.8 Å². The SMILES string of the molecule is CC(=NC1CC1)C(C)C=N. The molecule has 0 amide bonds. The third-order valence-corrected chi connectivity index (χ3v) is 1.84. The fourth-order valence-corrected chi connectivity index (χ4v) is 0.730. The molecule has 1 aliphatic rings. The third-order valence-electron chi connectivity index (χ3n) is 1.84. The predicted molar refractivity (Wildman–Crippen MR) is 44.1 cm³/mol.